The molecule has 0 aromatic heterocycles. The van der Waals surface area contributed by atoms with E-state index in [1.54, 1.807) is 6.07 Å². The van der Waals surface area contributed by atoms with Gasteiger partial charge in [-0.1, -0.05) is 30.3 Å². The van der Waals surface area contributed by atoms with E-state index in [-0.39, 0.29) is 10.5 Å². The molecule has 0 saturated heterocycles. The minimum atomic E-state index is -3.66. The lowest BCUT2D eigenvalue weighted by Crippen LogP contribution is -2.27. The number of nitrogens with zero attached hydrogens (tertiary/aromatic N) is 1. The summed E-state index contributed by atoms with van der Waals surface area (Å²) in [5.74, 6) is -0.453. The Morgan fingerprint density at radius 2 is 1.84 bits per heavy atom. The molecule has 2 aromatic rings. The zero-order chi connectivity index (χ0) is 18.4. The summed E-state index contributed by atoms with van der Waals surface area (Å²) in [6.45, 7) is 0.496. The van der Waals surface area contributed by atoms with Gasteiger partial charge in [0.25, 0.3) is 5.91 Å². The molecule has 0 atom stereocenters. The molecule has 0 bridgehead atoms. The summed E-state index contributed by atoms with van der Waals surface area (Å²) in [5, 5.41) is 4.21. The zero-order valence-electron chi connectivity index (χ0n) is 14.3. The van der Waals surface area contributed by atoms with Crippen LogP contribution in [0.15, 0.2) is 53.4 Å². The van der Waals surface area contributed by atoms with Crippen LogP contribution in [0.25, 0.3) is 0 Å². The van der Waals surface area contributed by atoms with Gasteiger partial charge < -0.3 is 5.32 Å². The third-order valence-electron chi connectivity index (χ3n) is 3.69. The van der Waals surface area contributed by atoms with Crippen LogP contribution in [-0.4, -0.2) is 40.6 Å². The van der Waals surface area contributed by atoms with E-state index in [9.17, 15) is 13.2 Å². The lowest BCUT2D eigenvalue weighted by atomic mass is 10.1. The van der Waals surface area contributed by atoms with Crippen LogP contribution in [0.4, 0.5) is 5.69 Å². The summed E-state index contributed by atoms with van der Waals surface area (Å²) in [6.07, 6.45) is 0. The van der Waals surface area contributed by atoms with E-state index in [0.29, 0.717) is 12.2 Å². The first-order valence-electron chi connectivity index (χ1n) is 7.56. The van der Waals surface area contributed by atoms with Crippen LogP contribution in [0.3, 0.4) is 0 Å². The van der Waals surface area contributed by atoms with Gasteiger partial charge >= 0.3 is 0 Å². The van der Waals surface area contributed by atoms with Gasteiger partial charge in [-0.3, -0.25) is 9.63 Å². The molecule has 0 aliphatic rings. The van der Waals surface area contributed by atoms with Gasteiger partial charge in [0.2, 0.25) is 10.0 Å². The number of sulfonamides is 1. The Kier molecular flexibility index (Phi) is 6.13. The van der Waals surface area contributed by atoms with E-state index in [1.807, 2.05) is 30.3 Å². The number of amides is 1. The van der Waals surface area contributed by atoms with E-state index in [4.69, 9.17) is 4.84 Å². The van der Waals surface area contributed by atoms with Crippen molar-refractivity contribution in [3.8, 4) is 0 Å². The van der Waals surface area contributed by atoms with Crippen molar-refractivity contribution in [3.63, 3.8) is 0 Å². The molecule has 2 rings (SSSR count). The number of carbonyl (C=O) groups is 1. The molecule has 0 unspecified atom stereocenters. The number of carbonyl (C=O) groups excluding carboxylic acids is 1. The van der Waals surface area contributed by atoms with Crippen LogP contribution in [0.5, 0.6) is 0 Å². The lowest BCUT2D eigenvalue weighted by Gasteiger charge is -2.18. The first-order valence-corrected chi connectivity index (χ1v) is 9.05. The number of hydroxylamine groups is 2. The van der Waals surface area contributed by atoms with Crippen molar-refractivity contribution in [1.82, 2.24) is 9.79 Å². The molecule has 2 aromatic carbocycles. The second-order valence-electron chi connectivity index (χ2n) is 5.24. The van der Waals surface area contributed by atoms with Gasteiger partial charge in [-0.25, -0.2) is 18.2 Å². The van der Waals surface area contributed by atoms with Crippen LogP contribution < -0.4 is 10.0 Å². The standard InChI is InChI=1S/C17H21N3O4S/c1-18-25(22,23)14-9-10-16(15(11-14)17(21)20(2)24-3)19-12-13-7-5-4-6-8-13/h4-11,18-19H,12H2,1-3H3. The number of hydrogen-bond acceptors (Lipinski definition) is 5. The molecule has 25 heavy (non-hydrogen) atoms. The van der Waals surface area contributed by atoms with Gasteiger partial charge in [0.05, 0.1) is 17.6 Å². The molecule has 0 radical (unpaired) electrons. The Morgan fingerprint density at radius 3 is 2.44 bits per heavy atom. The maximum absolute atomic E-state index is 12.5. The molecule has 0 heterocycles. The highest BCUT2D eigenvalue weighted by Crippen LogP contribution is 2.22. The van der Waals surface area contributed by atoms with Gasteiger partial charge in [0.1, 0.15) is 0 Å². The van der Waals surface area contributed by atoms with Crippen molar-refractivity contribution in [2.45, 2.75) is 11.4 Å². The van der Waals surface area contributed by atoms with Crippen molar-refractivity contribution in [3.05, 3.63) is 59.7 Å². The van der Waals surface area contributed by atoms with Crippen molar-refractivity contribution in [2.24, 2.45) is 0 Å². The highest BCUT2D eigenvalue weighted by Gasteiger charge is 2.20. The number of hydrogen-bond donors (Lipinski definition) is 2. The Morgan fingerprint density at radius 1 is 1.16 bits per heavy atom. The summed E-state index contributed by atoms with van der Waals surface area (Å²) >= 11 is 0. The van der Waals surface area contributed by atoms with E-state index >= 15 is 0 Å². The first-order chi connectivity index (χ1) is 11.9. The van der Waals surface area contributed by atoms with Gasteiger partial charge in [-0.2, -0.15) is 0 Å². The summed E-state index contributed by atoms with van der Waals surface area (Å²) in [7, 11) is 0.484. The van der Waals surface area contributed by atoms with E-state index < -0.39 is 15.9 Å². The lowest BCUT2D eigenvalue weighted by molar-refractivity contribution is -0.0756. The van der Waals surface area contributed by atoms with Gasteiger partial charge in [0, 0.05) is 19.3 Å². The molecule has 0 spiro atoms. The molecule has 8 heteroatoms. The molecular formula is C17H21N3O4S. The summed E-state index contributed by atoms with van der Waals surface area (Å²) < 4.78 is 26.3. The molecule has 0 aliphatic carbocycles. The smallest absolute Gasteiger partial charge is 0.279 e. The molecule has 2 N–H and O–H groups in total. The molecule has 7 nitrogen and oxygen atoms in total. The second kappa shape index (κ2) is 8.11. The summed E-state index contributed by atoms with van der Waals surface area (Å²) in [6, 6.07) is 14.0. The largest absolute Gasteiger partial charge is 0.380 e. The van der Waals surface area contributed by atoms with E-state index in [2.05, 4.69) is 10.0 Å². The molecule has 1 amide bonds. The Bertz CT molecular complexity index is 838. The van der Waals surface area contributed by atoms with Crippen LogP contribution in [0, 0.1) is 0 Å². The van der Waals surface area contributed by atoms with Gasteiger partial charge in [-0.05, 0) is 30.8 Å². The van der Waals surface area contributed by atoms with Crippen LogP contribution in [0.1, 0.15) is 15.9 Å². The van der Waals surface area contributed by atoms with Gasteiger partial charge in [-0.15, -0.1) is 0 Å². The Hall–Kier alpha value is -2.42. The van der Waals surface area contributed by atoms with Crippen molar-refractivity contribution >= 4 is 21.6 Å². The SMILES string of the molecule is CNS(=O)(=O)c1ccc(NCc2ccccc2)c(C(=O)N(C)OC)c1. The first kappa shape index (κ1) is 18.9. The highest BCUT2D eigenvalue weighted by molar-refractivity contribution is 7.89. The summed E-state index contributed by atoms with van der Waals surface area (Å²) in [5.41, 5.74) is 1.76. The third-order valence-corrected chi connectivity index (χ3v) is 5.10. The van der Waals surface area contributed by atoms with Crippen molar-refractivity contribution < 1.29 is 18.0 Å². The van der Waals surface area contributed by atoms with Crippen molar-refractivity contribution in [2.75, 3.05) is 26.5 Å². The van der Waals surface area contributed by atoms with Crippen LogP contribution in [-0.2, 0) is 21.4 Å². The Balaban J connectivity index is 2.39. The van der Waals surface area contributed by atoms with Crippen molar-refractivity contribution in [1.29, 1.82) is 0 Å². The Labute approximate surface area is 147 Å². The predicted octanol–water partition coefficient (Wildman–Crippen LogP) is 1.84. The average molecular weight is 363 g/mol. The fraction of sp³-hybridized carbons (Fsp3) is 0.235. The molecule has 134 valence electrons. The average Bonchev–Trinajstić information content (AvgIpc) is 2.65. The van der Waals surface area contributed by atoms with Crippen LogP contribution in [0.2, 0.25) is 0 Å². The molecule has 0 fully saturated rings. The van der Waals surface area contributed by atoms with E-state index in [0.717, 1.165) is 10.6 Å². The third kappa shape index (κ3) is 4.56. The number of rotatable bonds is 7. The monoisotopic (exact) mass is 363 g/mol. The quantitative estimate of drug-likeness (QED) is 0.733. The fourth-order valence-corrected chi connectivity index (χ4v) is 2.94. The number of benzene rings is 2. The second-order valence-corrected chi connectivity index (χ2v) is 7.13. The minimum absolute atomic E-state index is 0.00751. The summed E-state index contributed by atoms with van der Waals surface area (Å²) in [4.78, 5) is 17.5. The number of anilines is 1. The molecular weight excluding hydrogens is 342 g/mol. The predicted molar refractivity (Wildman–Crippen MR) is 95.6 cm³/mol. The fourth-order valence-electron chi connectivity index (χ4n) is 2.19. The topological polar surface area (TPSA) is 87.7 Å². The maximum atomic E-state index is 12.5. The molecule has 0 aliphatic heterocycles. The van der Waals surface area contributed by atoms with E-state index in [1.165, 1.54) is 33.3 Å². The normalized spacial score (nSPS) is 11.2. The zero-order valence-corrected chi connectivity index (χ0v) is 15.1. The maximum Gasteiger partial charge on any atom is 0.279 e. The minimum Gasteiger partial charge on any atom is -0.380 e. The highest BCUT2D eigenvalue weighted by atomic mass is 32.2. The molecule has 0 saturated carbocycles. The number of nitrogens with one attached hydrogen (secondary N) is 2. The van der Waals surface area contributed by atoms with Gasteiger partial charge in [0.15, 0.2) is 0 Å². The van der Waals surface area contributed by atoms with Crippen LogP contribution >= 0.6 is 0 Å².